The van der Waals surface area contributed by atoms with E-state index in [2.05, 4.69) is 5.32 Å². The molecule has 1 unspecified atom stereocenters. The second-order valence-electron chi connectivity index (χ2n) is 6.94. The summed E-state index contributed by atoms with van der Waals surface area (Å²) in [6, 6.07) is 22.4. The minimum Gasteiger partial charge on any atom is -0.489 e. The van der Waals surface area contributed by atoms with Crippen LogP contribution in [0.2, 0.25) is 0 Å². The van der Waals surface area contributed by atoms with Gasteiger partial charge in [-0.05, 0) is 53.9 Å². The largest absolute Gasteiger partial charge is 0.489 e. The Balaban J connectivity index is 1.52. The number of carbonyl (C=O) groups excluding carboxylic acids is 2. The molecule has 2 amide bonds. The Morgan fingerprint density at radius 3 is 2.17 bits per heavy atom. The molecule has 0 aliphatic heterocycles. The van der Waals surface area contributed by atoms with Gasteiger partial charge in [0.25, 0.3) is 5.91 Å². The lowest BCUT2D eigenvalue weighted by Gasteiger charge is -2.15. The number of carbonyl (C=O) groups is 2. The predicted octanol–water partition coefficient (Wildman–Crippen LogP) is 3.48. The maximum atomic E-state index is 13.0. The standard InChI is InChI=1S/C24H23FN2O3/c25-21-12-8-17(9-13-21)14-20(23(26)28)15-27-24(29)19-10-6-18(7-11-19)16-30-22-4-2-1-3-5-22/h1-13,20H,14-16H2,(H2,26,28)(H,27,29). The molecule has 0 radical (unpaired) electrons. The first-order chi connectivity index (χ1) is 14.5. The highest BCUT2D eigenvalue weighted by Crippen LogP contribution is 2.13. The minimum absolute atomic E-state index is 0.102. The van der Waals surface area contributed by atoms with Gasteiger partial charge < -0.3 is 15.8 Å². The van der Waals surface area contributed by atoms with E-state index >= 15 is 0 Å². The Labute approximate surface area is 174 Å². The number of ether oxygens (including phenoxy) is 1. The van der Waals surface area contributed by atoms with E-state index < -0.39 is 11.8 Å². The van der Waals surface area contributed by atoms with Crippen LogP contribution in [0.5, 0.6) is 5.75 Å². The first kappa shape index (κ1) is 21.0. The number of hydrogen-bond acceptors (Lipinski definition) is 3. The van der Waals surface area contributed by atoms with Crippen LogP contribution >= 0.6 is 0 Å². The molecule has 6 heteroatoms. The zero-order valence-electron chi connectivity index (χ0n) is 16.4. The van der Waals surface area contributed by atoms with Crippen molar-refractivity contribution in [3.8, 4) is 5.75 Å². The SMILES string of the molecule is NC(=O)C(CNC(=O)c1ccc(COc2ccccc2)cc1)Cc1ccc(F)cc1. The van der Waals surface area contributed by atoms with E-state index in [-0.39, 0.29) is 18.3 Å². The highest BCUT2D eigenvalue weighted by Gasteiger charge is 2.18. The predicted molar refractivity (Wildman–Crippen MR) is 112 cm³/mol. The molecule has 1 atom stereocenters. The van der Waals surface area contributed by atoms with Crippen molar-refractivity contribution in [1.82, 2.24) is 5.32 Å². The van der Waals surface area contributed by atoms with E-state index in [0.29, 0.717) is 18.6 Å². The van der Waals surface area contributed by atoms with Gasteiger partial charge in [0.05, 0.1) is 5.92 Å². The van der Waals surface area contributed by atoms with E-state index in [0.717, 1.165) is 16.9 Å². The highest BCUT2D eigenvalue weighted by atomic mass is 19.1. The topological polar surface area (TPSA) is 81.4 Å². The Morgan fingerprint density at radius 1 is 0.900 bits per heavy atom. The summed E-state index contributed by atoms with van der Waals surface area (Å²) in [5.41, 5.74) is 7.65. The van der Waals surface area contributed by atoms with Gasteiger partial charge in [-0.1, -0.05) is 42.5 Å². The van der Waals surface area contributed by atoms with Crippen LogP contribution in [-0.4, -0.2) is 18.4 Å². The average molecular weight is 406 g/mol. The van der Waals surface area contributed by atoms with Crippen LogP contribution in [0.3, 0.4) is 0 Å². The molecule has 0 fully saturated rings. The number of primary amides is 1. The fraction of sp³-hybridized carbons (Fsp3) is 0.167. The summed E-state index contributed by atoms with van der Waals surface area (Å²) in [5.74, 6) is -0.972. The molecular weight excluding hydrogens is 383 g/mol. The third-order valence-corrected chi connectivity index (χ3v) is 4.67. The van der Waals surface area contributed by atoms with Gasteiger partial charge in [0.15, 0.2) is 0 Å². The van der Waals surface area contributed by atoms with Crippen LogP contribution < -0.4 is 15.8 Å². The fourth-order valence-electron chi connectivity index (χ4n) is 2.93. The first-order valence-corrected chi connectivity index (χ1v) is 9.60. The first-order valence-electron chi connectivity index (χ1n) is 9.60. The summed E-state index contributed by atoms with van der Waals surface area (Å²) in [6.45, 7) is 0.498. The summed E-state index contributed by atoms with van der Waals surface area (Å²) in [7, 11) is 0. The third kappa shape index (κ3) is 6.17. The molecule has 154 valence electrons. The molecule has 3 aromatic rings. The zero-order valence-corrected chi connectivity index (χ0v) is 16.4. The normalized spacial score (nSPS) is 11.5. The molecule has 0 aliphatic carbocycles. The molecular formula is C24H23FN2O3. The Bertz CT molecular complexity index is 974. The number of nitrogens with two attached hydrogens (primary N) is 1. The van der Waals surface area contributed by atoms with Gasteiger partial charge in [-0.2, -0.15) is 0 Å². The molecule has 30 heavy (non-hydrogen) atoms. The monoisotopic (exact) mass is 406 g/mol. The van der Waals surface area contributed by atoms with E-state index in [1.807, 2.05) is 42.5 Å². The van der Waals surface area contributed by atoms with Gasteiger partial charge >= 0.3 is 0 Å². The molecule has 5 nitrogen and oxygen atoms in total. The second kappa shape index (κ2) is 10.2. The summed E-state index contributed by atoms with van der Waals surface area (Å²) in [6.07, 6.45) is 0.325. The summed E-state index contributed by atoms with van der Waals surface area (Å²) >= 11 is 0. The number of rotatable bonds is 9. The van der Waals surface area contributed by atoms with Gasteiger partial charge in [0, 0.05) is 12.1 Å². The van der Waals surface area contributed by atoms with Crippen molar-refractivity contribution >= 4 is 11.8 Å². The summed E-state index contributed by atoms with van der Waals surface area (Å²) in [5, 5.41) is 2.74. The zero-order chi connectivity index (χ0) is 21.3. The number of benzene rings is 3. The highest BCUT2D eigenvalue weighted by molar-refractivity contribution is 5.94. The molecule has 3 N–H and O–H groups in total. The summed E-state index contributed by atoms with van der Waals surface area (Å²) in [4.78, 5) is 24.2. The van der Waals surface area contributed by atoms with Crippen molar-refractivity contribution < 1.29 is 18.7 Å². The minimum atomic E-state index is -0.585. The van der Waals surface area contributed by atoms with E-state index in [1.165, 1.54) is 12.1 Å². The smallest absolute Gasteiger partial charge is 0.251 e. The molecule has 0 aromatic heterocycles. The number of para-hydroxylation sites is 1. The van der Waals surface area contributed by atoms with Gasteiger partial charge in [-0.3, -0.25) is 9.59 Å². The second-order valence-corrected chi connectivity index (χ2v) is 6.94. The Kier molecular flexibility index (Phi) is 7.16. The lowest BCUT2D eigenvalue weighted by molar-refractivity contribution is -0.121. The van der Waals surface area contributed by atoms with Crippen molar-refractivity contribution in [3.63, 3.8) is 0 Å². The van der Waals surface area contributed by atoms with Crippen LogP contribution in [0.4, 0.5) is 4.39 Å². The molecule has 0 saturated carbocycles. The van der Waals surface area contributed by atoms with Crippen molar-refractivity contribution in [1.29, 1.82) is 0 Å². The summed E-state index contributed by atoms with van der Waals surface area (Å²) < 4.78 is 18.7. The number of halogens is 1. The molecule has 0 bridgehead atoms. The molecule has 0 spiro atoms. The fourth-order valence-corrected chi connectivity index (χ4v) is 2.93. The van der Waals surface area contributed by atoms with Gasteiger partial charge in [0.1, 0.15) is 18.2 Å². The van der Waals surface area contributed by atoms with Crippen molar-refractivity contribution in [2.24, 2.45) is 11.7 Å². The van der Waals surface area contributed by atoms with E-state index in [1.54, 1.807) is 24.3 Å². The number of amides is 2. The van der Waals surface area contributed by atoms with E-state index in [9.17, 15) is 14.0 Å². The van der Waals surface area contributed by atoms with Crippen LogP contribution in [0, 0.1) is 11.7 Å². The molecule has 3 aromatic carbocycles. The van der Waals surface area contributed by atoms with Gasteiger partial charge in [0.2, 0.25) is 5.91 Å². The van der Waals surface area contributed by atoms with Crippen molar-refractivity contribution in [2.75, 3.05) is 6.54 Å². The Hall–Kier alpha value is -3.67. The van der Waals surface area contributed by atoms with Crippen LogP contribution in [0.25, 0.3) is 0 Å². The lowest BCUT2D eigenvalue weighted by atomic mass is 9.98. The Morgan fingerprint density at radius 2 is 1.53 bits per heavy atom. The lowest BCUT2D eigenvalue weighted by Crippen LogP contribution is -2.37. The number of hydrogen-bond donors (Lipinski definition) is 2. The molecule has 0 heterocycles. The van der Waals surface area contributed by atoms with Crippen LogP contribution in [0.15, 0.2) is 78.9 Å². The van der Waals surface area contributed by atoms with Crippen molar-refractivity contribution in [2.45, 2.75) is 13.0 Å². The van der Waals surface area contributed by atoms with Crippen LogP contribution in [-0.2, 0) is 17.8 Å². The maximum absolute atomic E-state index is 13.0. The average Bonchev–Trinajstić information content (AvgIpc) is 2.77. The van der Waals surface area contributed by atoms with Crippen molar-refractivity contribution in [3.05, 3.63) is 101 Å². The molecule has 0 saturated heterocycles. The van der Waals surface area contributed by atoms with Crippen LogP contribution in [0.1, 0.15) is 21.5 Å². The molecule has 3 rings (SSSR count). The molecule has 0 aliphatic rings. The maximum Gasteiger partial charge on any atom is 0.251 e. The third-order valence-electron chi connectivity index (χ3n) is 4.67. The quantitative estimate of drug-likeness (QED) is 0.571. The van der Waals surface area contributed by atoms with Gasteiger partial charge in [-0.25, -0.2) is 4.39 Å². The number of nitrogens with one attached hydrogen (secondary N) is 1. The van der Waals surface area contributed by atoms with Gasteiger partial charge in [-0.15, -0.1) is 0 Å². The van der Waals surface area contributed by atoms with E-state index in [4.69, 9.17) is 10.5 Å².